The molecule has 0 spiro atoms. The van der Waals surface area contributed by atoms with Crippen LogP contribution in [0.3, 0.4) is 0 Å². The smallest absolute Gasteiger partial charge is 0.339 e. The minimum atomic E-state index is -0.910. The Bertz CT molecular complexity index is 728. The summed E-state index contributed by atoms with van der Waals surface area (Å²) in [6.07, 6.45) is 1.16. The summed E-state index contributed by atoms with van der Waals surface area (Å²) in [6, 6.07) is 7.54. The second-order valence-electron chi connectivity index (χ2n) is 6.00. The molecule has 1 aliphatic heterocycles. The van der Waals surface area contributed by atoms with E-state index in [0.29, 0.717) is 0 Å². The van der Waals surface area contributed by atoms with Crippen molar-refractivity contribution in [2.45, 2.75) is 26.3 Å². The summed E-state index contributed by atoms with van der Waals surface area (Å²) < 4.78 is 9.46. The third-order valence-corrected chi connectivity index (χ3v) is 4.03. The van der Waals surface area contributed by atoms with Gasteiger partial charge in [0.1, 0.15) is 5.57 Å². The van der Waals surface area contributed by atoms with Crippen molar-refractivity contribution in [3.8, 4) is 0 Å². The molecule has 6 heteroatoms. The molecule has 1 aromatic rings. The molecular weight excluding hydrogens is 310 g/mol. The van der Waals surface area contributed by atoms with Gasteiger partial charge in [-0.05, 0) is 32.9 Å². The van der Waals surface area contributed by atoms with E-state index in [4.69, 9.17) is 4.74 Å². The number of anilines is 1. The number of aliphatic hydroxyl groups is 1. The van der Waals surface area contributed by atoms with Gasteiger partial charge in [0.15, 0.2) is 5.76 Å². The molecule has 0 unspecified atom stereocenters. The average molecular weight is 331 g/mol. The van der Waals surface area contributed by atoms with E-state index in [9.17, 15) is 14.7 Å². The zero-order chi connectivity index (χ0) is 18.1. The first kappa shape index (κ1) is 17.6. The van der Waals surface area contributed by atoms with Gasteiger partial charge in [0.05, 0.1) is 31.5 Å². The molecular formula is C18H21NO5. The van der Waals surface area contributed by atoms with Crippen LogP contribution >= 0.6 is 0 Å². The molecule has 1 aliphatic rings. The Balaban J connectivity index is 2.67. The Hall–Kier alpha value is -2.76. The second-order valence-corrected chi connectivity index (χ2v) is 6.00. The van der Waals surface area contributed by atoms with Crippen LogP contribution in [0.5, 0.6) is 0 Å². The second kappa shape index (κ2) is 6.39. The lowest BCUT2D eigenvalue weighted by molar-refractivity contribution is -0.137. The van der Waals surface area contributed by atoms with Gasteiger partial charge in [-0.2, -0.15) is 0 Å². The van der Waals surface area contributed by atoms with Crippen molar-refractivity contribution in [1.29, 1.82) is 0 Å². The number of hydrogen-bond acceptors (Lipinski definition) is 6. The van der Waals surface area contributed by atoms with Crippen molar-refractivity contribution in [3.05, 3.63) is 52.9 Å². The van der Waals surface area contributed by atoms with Crippen LogP contribution in [0.25, 0.3) is 0 Å². The molecule has 1 N–H and O–H groups in total. The van der Waals surface area contributed by atoms with E-state index >= 15 is 0 Å². The standard InChI is InChI=1S/C18H21NO5/c1-11-6-8-12(9-7-11)19-13(10-14(20)23-4)16(21)15(17(22)24-5)18(19,2)3/h6-10,21H,1-5H3/b13-10+. The lowest BCUT2D eigenvalue weighted by Crippen LogP contribution is -2.42. The SMILES string of the molecule is COC(=O)/C=C1\C(O)=C(C(=O)OC)C(C)(C)N1c1ccc(C)cc1. The number of carbonyl (C=O) groups is 2. The van der Waals surface area contributed by atoms with E-state index in [1.165, 1.54) is 14.2 Å². The maximum Gasteiger partial charge on any atom is 0.339 e. The number of ether oxygens (including phenoxy) is 2. The largest absolute Gasteiger partial charge is 0.505 e. The molecule has 24 heavy (non-hydrogen) atoms. The van der Waals surface area contributed by atoms with Gasteiger partial charge in [0.25, 0.3) is 0 Å². The van der Waals surface area contributed by atoms with Gasteiger partial charge in [-0.3, -0.25) is 0 Å². The number of benzene rings is 1. The van der Waals surface area contributed by atoms with E-state index in [-0.39, 0.29) is 17.0 Å². The zero-order valence-electron chi connectivity index (χ0n) is 14.4. The molecule has 128 valence electrons. The minimum absolute atomic E-state index is 0.0840. The predicted octanol–water partition coefficient (Wildman–Crippen LogP) is 2.64. The van der Waals surface area contributed by atoms with Gasteiger partial charge < -0.3 is 19.5 Å². The van der Waals surface area contributed by atoms with E-state index in [1.54, 1.807) is 18.7 Å². The summed E-state index contributed by atoms with van der Waals surface area (Å²) in [7, 11) is 2.49. The Morgan fingerprint density at radius 2 is 1.71 bits per heavy atom. The summed E-state index contributed by atoms with van der Waals surface area (Å²) in [5.74, 6) is -1.57. The van der Waals surface area contributed by atoms with Crippen molar-refractivity contribution in [2.75, 3.05) is 19.1 Å². The minimum Gasteiger partial charge on any atom is -0.505 e. The molecule has 0 aromatic heterocycles. The third kappa shape index (κ3) is 2.87. The van der Waals surface area contributed by atoms with Crippen LogP contribution in [-0.4, -0.2) is 36.8 Å². The highest BCUT2D eigenvalue weighted by atomic mass is 16.5. The van der Waals surface area contributed by atoms with Crippen LogP contribution < -0.4 is 4.90 Å². The van der Waals surface area contributed by atoms with Crippen LogP contribution in [0.2, 0.25) is 0 Å². The molecule has 0 fully saturated rings. The van der Waals surface area contributed by atoms with Crippen molar-refractivity contribution in [2.24, 2.45) is 0 Å². The number of rotatable bonds is 3. The summed E-state index contributed by atoms with van der Waals surface area (Å²) in [5, 5.41) is 10.6. The van der Waals surface area contributed by atoms with Gasteiger partial charge >= 0.3 is 11.9 Å². The van der Waals surface area contributed by atoms with Crippen LogP contribution in [-0.2, 0) is 19.1 Å². The highest BCUT2D eigenvalue weighted by Crippen LogP contribution is 2.43. The maximum atomic E-state index is 12.2. The Morgan fingerprint density at radius 3 is 2.21 bits per heavy atom. The highest BCUT2D eigenvalue weighted by molar-refractivity contribution is 5.97. The summed E-state index contributed by atoms with van der Waals surface area (Å²) >= 11 is 0. The normalized spacial score (nSPS) is 18.0. The number of aliphatic hydroxyl groups excluding tert-OH is 1. The van der Waals surface area contributed by atoms with Crippen LogP contribution in [0.1, 0.15) is 19.4 Å². The van der Waals surface area contributed by atoms with E-state index in [1.807, 2.05) is 31.2 Å². The molecule has 6 nitrogen and oxygen atoms in total. The van der Waals surface area contributed by atoms with E-state index in [0.717, 1.165) is 17.3 Å². The monoisotopic (exact) mass is 331 g/mol. The first-order valence-electron chi connectivity index (χ1n) is 7.43. The molecule has 0 amide bonds. The number of carbonyl (C=O) groups excluding carboxylic acids is 2. The van der Waals surface area contributed by atoms with Crippen LogP contribution in [0.15, 0.2) is 47.4 Å². The fourth-order valence-corrected chi connectivity index (χ4v) is 2.84. The predicted molar refractivity (Wildman–Crippen MR) is 89.5 cm³/mol. The van der Waals surface area contributed by atoms with Crippen molar-refractivity contribution in [3.63, 3.8) is 0 Å². The maximum absolute atomic E-state index is 12.2. The molecule has 0 bridgehead atoms. The van der Waals surface area contributed by atoms with Crippen molar-refractivity contribution < 1.29 is 24.2 Å². The van der Waals surface area contributed by atoms with Gasteiger partial charge in [0, 0.05) is 5.69 Å². The van der Waals surface area contributed by atoms with Crippen molar-refractivity contribution >= 4 is 17.6 Å². The molecule has 0 saturated carbocycles. The Labute approximate surface area is 141 Å². The summed E-state index contributed by atoms with van der Waals surface area (Å²) in [4.78, 5) is 25.6. The van der Waals surface area contributed by atoms with Gasteiger partial charge in [0.2, 0.25) is 0 Å². The molecule has 1 heterocycles. The van der Waals surface area contributed by atoms with Gasteiger partial charge in [-0.1, -0.05) is 17.7 Å². The highest BCUT2D eigenvalue weighted by Gasteiger charge is 2.47. The number of esters is 2. The topological polar surface area (TPSA) is 76.1 Å². The average Bonchev–Trinajstić information content (AvgIpc) is 2.73. The molecule has 0 radical (unpaired) electrons. The van der Waals surface area contributed by atoms with E-state index in [2.05, 4.69) is 4.74 Å². The van der Waals surface area contributed by atoms with Gasteiger partial charge in [-0.15, -0.1) is 0 Å². The first-order chi connectivity index (χ1) is 11.2. The number of nitrogens with zero attached hydrogens (tertiary/aromatic N) is 1. The Kier molecular flexibility index (Phi) is 4.68. The zero-order valence-corrected chi connectivity index (χ0v) is 14.4. The molecule has 1 aromatic carbocycles. The molecule has 0 saturated heterocycles. The van der Waals surface area contributed by atoms with Crippen molar-refractivity contribution in [1.82, 2.24) is 0 Å². The molecule has 0 aliphatic carbocycles. The number of hydrogen-bond donors (Lipinski definition) is 1. The van der Waals surface area contributed by atoms with Gasteiger partial charge in [-0.25, -0.2) is 9.59 Å². The summed E-state index contributed by atoms with van der Waals surface area (Å²) in [5.41, 5.74) is 1.16. The number of aryl methyl sites for hydroxylation is 1. The van der Waals surface area contributed by atoms with Crippen LogP contribution in [0.4, 0.5) is 5.69 Å². The Morgan fingerprint density at radius 1 is 1.12 bits per heavy atom. The lowest BCUT2D eigenvalue weighted by Gasteiger charge is -2.35. The lowest BCUT2D eigenvalue weighted by atomic mass is 9.94. The van der Waals surface area contributed by atoms with Crippen LogP contribution in [0, 0.1) is 6.92 Å². The summed E-state index contributed by atoms with van der Waals surface area (Å²) in [6.45, 7) is 5.50. The fraction of sp³-hybridized carbons (Fsp3) is 0.333. The third-order valence-electron chi connectivity index (χ3n) is 4.03. The fourth-order valence-electron chi connectivity index (χ4n) is 2.84. The molecule has 2 rings (SSSR count). The number of methoxy groups -OCH3 is 2. The quantitative estimate of drug-likeness (QED) is 0.678. The molecule has 0 atom stereocenters. The first-order valence-corrected chi connectivity index (χ1v) is 7.43. The van der Waals surface area contributed by atoms with E-state index < -0.39 is 17.5 Å².